The van der Waals surface area contributed by atoms with Crippen molar-refractivity contribution in [2.45, 2.75) is 19.8 Å². The summed E-state index contributed by atoms with van der Waals surface area (Å²) >= 11 is 0. The Hall–Kier alpha value is -2.87. The SMILES string of the molecule is CC(C)c1ccc(C(=O)NCCNC(=O)c2ccc(NS(C)(=O)=O)cc2)cc1. The molecule has 0 bridgehead atoms. The Kier molecular flexibility index (Phi) is 7.17. The van der Waals surface area contributed by atoms with Gasteiger partial charge in [-0.3, -0.25) is 14.3 Å². The Morgan fingerprint density at radius 2 is 1.25 bits per heavy atom. The number of hydrogen-bond donors (Lipinski definition) is 3. The van der Waals surface area contributed by atoms with Crippen molar-refractivity contribution < 1.29 is 18.0 Å². The van der Waals surface area contributed by atoms with Crippen LogP contribution in [-0.4, -0.2) is 39.6 Å². The van der Waals surface area contributed by atoms with Crippen molar-refractivity contribution in [3.05, 3.63) is 65.2 Å². The summed E-state index contributed by atoms with van der Waals surface area (Å²) in [4.78, 5) is 24.2. The van der Waals surface area contributed by atoms with Gasteiger partial charge in [0.2, 0.25) is 10.0 Å². The maximum atomic E-state index is 12.1. The molecule has 0 aliphatic heterocycles. The summed E-state index contributed by atoms with van der Waals surface area (Å²) in [6, 6.07) is 13.5. The molecule has 0 heterocycles. The first-order valence-electron chi connectivity index (χ1n) is 8.90. The van der Waals surface area contributed by atoms with E-state index >= 15 is 0 Å². The van der Waals surface area contributed by atoms with Gasteiger partial charge in [0.25, 0.3) is 11.8 Å². The van der Waals surface area contributed by atoms with E-state index in [9.17, 15) is 18.0 Å². The number of sulfonamides is 1. The van der Waals surface area contributed by atoms with Crippen LogP contribution in [0.3, 0.4) is 0 Å². The van der Waals surface area contributed by atoms with Crippen molar-refractivity contribution >= 4 is 27.5 Å². The van der Waals surface area contributed by atoms with E-state index in [1.54, 1.807) is 12.1 Å². The fourth-order valence-corrected chi connectivity index (χ4v) is 3.04. The van der Waals surface area contributed by atoms with Gasteiger partial charge in [0.15, 0.2) is 0 Å². The molecule has 0 saturated heterocycles. The van der Waals surface area contributed by atoms with E-state index in [1.165, 1.54) is 29.8 Å². The average Bonchev–Trinajstić information content (AvgIpc) is 2.64. The quantitative estimate of drug-likeness (QED) is 0.589. The molecule has 0 aromatic heterocycles. The summed E-state index contributed by atoms with van der Waals surface area (Å²) in [5.74, 6) is -0.0919. The highest BCUT2D eigenvalue weighted by Gasteiger charge is 2.08. The van der Waals surface area contributed by atoms with Crippen LogP contribution in [0.25, 0.3) is 0 Å². The Labute approximate surface area is 165 Å². The first-order valence-corrected chi connectivity index (χ1v) is 10.8. The second kappa shape index (κ2) is 9.36. The monoisotopic (exact) mass is 403 g/mol. The Morgan fingerprint density at radius 3 is 1.64 bits per heavy atom. The molecule has 0 saturated carbocycles. The summed E-state index contributed by atoms with van der Waals surface area (Å²) in [5.41, 5.74) is 2.52. The number of nitrogens with one attached hydrogen (secondary N) is 3. The van der Waals surface area contributed by atoms with Gasteiger partial charge in [-0.15, -0.1) is 0 Å². The van der Waals surface area contributed by atoms with Gasteiger partial charge >= 0.3 is 0 Å². The predicted molar refractivity (Wildman–Crippen MR) is 110 cm³/mol. The Morgan fingerprint density at radius 1 is 0.821 bits per heavy atom. The van der Waals surface area contributed by atoms with Crippen molar-refractivity contribution in [1.82, 2.24) is 10.6 Å². The first kappa shape index (κ1) is 21.4. The molecule has 0 fully saturated rings. The lowest BCUT2D eigenvalue weighted by Gasteiger charge is -2.09. The molecule has 28 heavy (non-hydrogen) atoms. The van der Waals surface area contributed by atoms with Crippen LogP contribution >= 0.6 is 0 Å². The number of rotatable bonds is 8. The predicted octanol–water partition coefficient (Wildman–Crippen LogP) is 2.34. The molecule has 3 N–H and O–H groups in total. The third kappa shape index (κ3) is 6.70. The van der Waals surface area contributed by atoms with Crippen LogP contribution in [0.15, 0.2) is 48.5 Å². The zero-order chi connectivity index (χ0) is 20.7. The van der Waals surface area contributed by atoms with Crippen molar-refractivity contribution in [1.29, 1.82) is 0 Å². The van der Waals surface area contributed by atoms with Gasteiger partial charge in [0.1, 0.15) is 0 Å². The van der Waals surface area contributed by atoms with Crippen LogP contribution in [0.1, 0.15) is 46.0 Å². The Balaban J connectivity index is 1.78. The van der Waals surface area contributed by atoms with Gasteiger partial charge in [0.05, 0.1) is 6.26 Å². The molecule has 0 radical (unpaired) electrons. The fraction of sp³-hybridized carbons (Fsp3) is 0.300. The zero-order valence-corrected chi connectivity index (χ0v) is 17.0. The van der Waals surface area contributed by atoms with Crippen molar-refractivity contribution in [3.8, 4) is 0 Å². The maximum Gasteiger partial charge on any atom is 0.251 e. The molecule has 150 valence electrons. The van der Waals surface area contributed by atoms with Crippen LogP contribution < -0.4 is 15.4 Å². The smallest absolute Gasteiger partial charge is 0.251 e. The minimum absolute atomic E-state index is 0.194. The molecule has 2 aromatic carbocycles. The van der Waals surface area contributed by atoms with E-state index in [2.05, 4.69) is 29.2 Å². The van der Waals surface area contributed by atoms with E-state index in [4.69, 9.17) is 0 Å². The second-order valence-corrected chi connectivity index (χ2v) is 8.49. The summed E-state index contributed by atoms with van der Waals surface area (Å²) in [7, 11) is -3.36. The minimum Gasteiger partial charge on any atom is -0.350 e. The lowest BCUT2D eigenvalue weighted by atomic mass is 10.0. The molecular formula is C20H25N3O4S. The van der Waals surface area contributed by atoms with Gasteiger partial charge in [-0.1, -0.05) is 26.0 Å². The van der Waals surface area contributed by atoms with Gasteiger partial charge in [-0.05, 0) is 47.9 Å². The fourth-order valence-electron chi connectivity index (χ4n) is 2.48. The van der Waals surface area contributed by atoms with Crippen molar-refractivity contribution in [2.75, 3.05) is 24.1 Å². The number of benzene rings is 2. The van der Waals surface area contributed by atoms with E-state index in [0.717, 1.165) is 6.26 Å². The summed E-state index contributed by atoms with van der Waals surface area (Å²) in [6.07, 6.45) is 1.06. The van der Waals surface area contributed by atoms with E-state index < -0.39 is 10.0 Å². The molecule has 0 aliphatic carbocycles. The second-order valence-electron chi connectivity index (χ2n) is 6.74. The maximum absolute atomic E-state index is 12.1. The van der Waals surface area contributed by atoms with Gasteiger partial charge < -0.3 is 10.6 Å². The standard InChI is InChI=1S/C20H25N3O4S/c1-14(2)15-4-6-16(7-5-15)19(24)21-12-13-22-20(25)17-8-10-18(11-9-17)23-28(3,26)27/h4-11,14,23H,12-13H2,1-3H3,(H,21,24)(H,22,25). The molecule has 0 aliphatic rings. The van der Waals surface area contributed by atoms with Crippen molar-refractivity contribution in [2.24, 2.45) is 0 Å². The summed E-state index contributed by atoms with van der Waals surface area (Å²) in [5, 5.41) is 5.46. The lowest BCUT2D eigenvalue weighted by Crippen LogP contribution is -2.34. The molecule has 7 nitrogen and oxygen atoms in total. The minimum atomic E-state index is -3.36. The third-order valence-electron chi connectivity index (χ3n) is 3.99. The van der Waals surface area contributed by atoms with Crippen LogP contribution in [0.5, 0.6) is 0 Å². The van der Waals surface area contributed by atoms with Crippen molar-refractivity contribution in [3.63, 3.8) is 0 Å². The molecule has 2 amide bonds. The summed E-state index contributed by atoms with van der Waals surface area (Å²) < 4.78 is 24.7. The highest BCUT2D eigenvalue weighted by atomic mass is 32.2. The van der Waals surface area contributed by atoms with Crippen LogP contribution in [0.2, 0.25) is 0 Å². The largest absolute Gasteiger partial charge is 0.350 e. The zero-order valence-electron chi connectivity index (χ0n) is 16.2. The average molecular weight is 404 g/mol. The molecule has 0 atom stereocenters. The molecule has 2 aromatic rings. The molecule has 0 spiro atoms. The van der Waals surface area contributed by atoms with E-state index in [-0.39, 0.29) is 18.4 Å². The summed E-state index contributed by atoms with van der Waals surface area (Å²) in [6.45, 7) is 4.75. The molecule has 8 heteroatoms. The normalized spacial score (nSPS) is 11.1. The van der Waals surface area contributed by atoms with E-state index in [0.29, 0.717) is 29.3 Å². The number of carbonyl (C=O) groups excluding carboxylic acids is 2. The number of amides is 2. The van der Waals surface area contributed by atoms with Gasteiger partial charge in [0, 0.05) is 29.9 Å². The Bertz CT molecular complexity index is 921. The topological polar surface area (TPSA) is 104 Å². The number of anilines is 1. The molecule has 2 rings (SSSR count). The molecule has 0 unspecified atom stereocenters. The lowest BCUT2D eigenvalue weighted by molar-refractivity contribution is 0.0927. The van der Waals surface area contributed by atoms with Crippen LogP contribution in [-0.2, 0) is 10.0 Å². The van der Waals surface area contributed by atoms with Gasteiger partial charge in [-0.2, -0.15) is 0 Å². The van der Waals surface area contributed by atoms with Crippen LogP contribution in [0.4, 0.5) is 5.69 Å². The third-order valence-corrected chi connectivity index (χ3v) is 4.59. The van der Waals surface area contributed by atoms with Crippen LogP contribution in [0, 0.1) is 0 Å². The van der Waals surface area contributed by atoms with E-state index in [1.807, 2.05) is 12.1 Å². The highest BCUT2D eigenvalue weighted by Crippen LogP contribution is 2.14. The molecular weight excluding hydrogens is 378 g/mol. The highest BCUT2D eigenvalue weighted by molar-refractivity contribution is 7.92. The first-order chi connectivity index (χ1) is 13.2. The number of hydrogen-bond acceptors (Lipinski definition) is 4. The van der Waals surface area contributed by atoms with Gasteiger partial charge in [-0.25, -0.2) is 8.42 Å². The number of carbonyl (C=O) groups is 2.